The van der Waals surface area contributed by atoms with Crippen molar-refractivity contribution in [2.45, 2.75) is 50.0 Å². The molecule has 1 atom stereocenters. The molecule has 1 fully saturated rings. The predicted molar refractivity (Wildman–Crippen MR) is 129 cm³/mol. The van der Waals surface area contributed by atoms with Gasteiger partial charge in [-0.3, -0.25) is 9.59 Å². The minimum absolute atomic E-state index is 0.118. The van der Waals surface area contributed by atoms with E-state index in [0.717, 1.165) is 32.1 Å². The zero-order chi connectivity index (χ0) is 23.4. The highest BCUT2D eigenvalue weighted by atomic mass is 32.2. The summed E-state index contributed by atoms with van der Waals surface area (Å²) in [4.78, 5) is 28.1. The number of aromatic nitrogens is 1. The van der Waals surface area contributed by atoms with Crippen molar-refractivity contribution in [3.63, 3.8) is 0 Å². The fraction of sp³-hybridized carbons (Fsp3) is 0.360. The van der Waals surface area contributed by atoms with E-state index in [1.165, 1.54) is 28.1 Å². The van der Waals surface area contributed by atoms with E-state index in [0.29, 0.717) is 24.0 Å². The molecule has 33 heavy (non-hydrogen) atoms. The molecule has 174 valence electrons. The number of aryl methyl sites for hydroxylation is 1. The van der Waals surface area contributed by atoms with Crippen molar-refractivity contribution in [2.24, 2.45) is 0 Å². The number of piperidine rings is 1. The second-order valence-corrected chi connectivity index (χ2v) is 10.6. The van der Waals surface area contributed by atoms with Gasteiger partial charge >= 0.3 is 0 Å². The van der Waals surface area contributed by atoms with Crippen LogP contribution in [0.2, 0.25) is 0 Å². The summed E-state index contributed by atoms with van der Waals surface area (Å²) in [6.07, 6.45) is 4.27. The van der Waals surface area contributed by atoms with Crippen LogP contribution in [0, 0.1) is 0 Å². The van der Waals surface area contributed by atoms with Crippen LogP contribution >= 0.6 is 0 Å². The number of sulfonamides is 1. The van der Waals surface area contributed by atoms with E-state index >= 15 is 0 Å². The van der Waals surface area contributed by atoms with Crippen molar-refractivity contribution in [1.29, 1.82) is 0 Å². The van der Waals surface area contributed by atoms with Gasteiger partial charge in [0.1, 0.15) is 0 Å². The third-order valence-electron chi connectivity index (χ3n) is 6.10. The predicted octanol–water partition coefficient (Wildman–Crippen LogP) is 3.45. The van der Waals surface area contributed by atoms with Gasteiger partial charge in [0.25, 0.3) is 5.91 Å². The third kappa shape index (κ3) is 5.34. The molecule has 1 aliphatic rings. The molecular formula is C25H29N3O4S. The average Bonchev–Trinajstić information content (AvgIpc) is 2.83. The average molecular weight is 468 g/mol. The highest BCUT2D eigenvalue weighted by molar-refractivity contribution is 7.89. The molecule has 0 bridgehead atoms. The number of nitrogens with one attached hydrogen (secondary N) is 2. The number of H-pyrrole nitrogens is 1. The molecule has 1 aromatic heterocycles. The van der Waals surface area contributed by atoms with Crippen LogP contribution in [0.15, 0.2) is 64.3 Å². The molecule has 2 heterocycles. The van der Waals surface area contributed by atoms with Crippen molar-refractivity contribution in [2.75, 3.05) is 13.1 Å². The second-order valence-electron chi connectivity index (χ2n) is 8.62. The van der Waals surface area contributed by atoms with Crippen LogP contribution < -0.4 is 10.9 Å². The molecule has 0 aliphatic carbocycles. The molecule has 2 N–H and O–H groups in total. The van der Waals surface area contributed by atoms with Gasteiger partial charge in [-0.1, -0.05) is 36.8 Å². The standard InChI is InChI=1S/C25H29N3O4S/c1-18(10-11-19-8-4-2-5-9-19)26-25(30)22-17-24(29)27-23-13-12-20(16-21(22)23)33(31,32)28-14-6-3-7-15-28/h2,4-5,8-9,12-13,16-18H,3,6-7,10-11,14-15H2,1H3,(H,26,30)(H,27,29). The zero-order valence-corrected chi connectivity index (χ0v) is 19.5. The van der Waals surface area contributed by atoms with Gasteiger partial charge in [0.15, 0.2) is 0 Å². The molecule has 0 spiro atoms. The molecule has 1 amide bonds. The maximum absolute atomic E-state index is 13.1. The largest absolute Gasteiger partial charge is 0.350 e. The summed E-state index contributed by atoms with van der Waals surface area (Å²) in [7, 11) is -3.66. The minimum atomic E-state index is -3.66. The van der Waals surface area contributed by atoms with Gasteiger partial charge in [0, 0.05) is 36.1 Å². The first kappa shape index (κ1) is 23.2. The van der Waals surface area contributed by atoms with Crippen LogP contribution in [0.3, 0.4) is 0 Å². The number of hydrogen-bond acceptors (Lipinski definition) is 4. The number of carbonyl (C=O) groups is 1. The lowest BCUT2D eigenvalue weighted by molar-refractivity contribution is 0.0940. The Bertz CT molecular complexity index is 1300. The minimum Gasteiger partial charge on any atom is -0.350 e. The first-order valence-corrected chi connectivity index (χ1v) is 12.8. The number of amides is 1. The topological polar surface area (TPSA) is 99.3 Å². The van der Waals surface area contributed by atoms with E-state index in [1.54, 1.807) is 6.07 Å². The summed E-state index contributed by atoms with van der Waals surface area (Å²) in [5.41, 5.74) is 1.39. The Labute approximate surface area is 193 Å². The van der Waals surface area contributed by atoms with Crippen LogP contribution in [0.1, 0.15) is 48.5 Å². The Balaban J connectivity index is 1.59. The number of nitrogens with zero attached hydrogens (tertiary/aromatic N) is 1. The molecule has 1 aliphatic heterocycles. The third-order valence-corrected chi connectivity index (χ3v) is 7.99. The second kappa shape index (κ2) is 9.89. The monoisotopic (exact) mass is 467 g/mol. The van der Waals surface area contributed by atoms with E-state index in [2.05, 4.69) is 10.3 Å². The number of pyridine rings is 1. The number of benzene rings is 2. The van der Waals surface area contributed by atoms with Gasteiger partial charge in [-0.2, -0.15) is 4.31 Å². The van der Waals surface area contributed by atoms with Crippen LogP contribution in [-0.2, 0) is 16.4 Å². The maximum Gasteiger partial charge on any atom is 0.252 e. The molecule has 7 nitrogen and oxygen atoms in total. The molecule has 2 aromatic carbocycles. The van der Waals surface area contributed by atoms with E-state index in [9.17, 15) is 18.0 Å². The molecule has 4 rings (SSSR count). The van der Waals surface area contributed by atoms with Crippen LogP contribution in [-0.4, -0.2) is 42.7 Å². The fourth-order valence-corrected chi connectivity index (χ4v) is 5.78. The van der Waals surface area contributed by atoms with Crippen molar-refractivity contribution < 1.29 is 13.2 Å². The number of carbonyl (C=O) groups excluding carboxylic acids is 1. The van der Waals surface area contributed by atoms with Crippen LogP contribution in [0.5, 0.6) is 0 Å². The molecule has 3 aromatic rings. The summed E-state index contributed by atoms with van der Waals surface area (Å²) >= 11 is 0. The van der Waals surface area contributed by atoms with E-state index in [-0.39, 0.29) is 22.4 Å². The Morgan fingerprint density at radius 1 is 1.06 bits per heavy atom. The number of hydrogen-bond donors (Lipinski definition) is 2. The lowest BCUT2D eigenvalue weighted by Crippen LogP contribution is -2.35. The number of rotatable bonds is 7. The maximum atomic E-state index is 13.1. The van der Waals surface area contributed by atoms with Gasteiger partial charge in [-0.05, 0) is 56.4 Å². The quantitative estimate of drug-likeness (QED) is 0.556. The smallest absolute Gasteiger partial charge is 0.252 e. The van der Waals surface area contributed by atoms with Gasteiger partial charge in [-0.25, -0.2) is 8.42 Å². The Kier molecular flexibility index (Phi) is 6.95. The molecule has 1 unspecified atom stereocenters. The zero-order valence-electron chi connectivity index (χ0n) is 18.7. The van der Waals surface area contributed by atoms with Gasteiger partial charge in [0.05, 0.1) is 10.5 Å². The van der Waals surface area contributed by atoms with Crippen molar-refractivity contribution in [3.05, 3.63) is 76.1 Å². The van der Waals surface area contributed by atoms with E-state index < -0.39 is 15.6 Å². The lowest BCUT2D eigenvalue weighted by Gasteiger charge is -2.26. The summed E-state index contributed by atoms with van der Waals surface area (Å²) in [5.74, 6) is -0.390. The van der Waals surface area contributed by atoms with Crippen LogP contribution in [0.25, 0.3) is 10.9 Å². The normalized spacial score (nSPS) is 15.9. The summed E-state index contributed by atoms with van der Waals surface area (Å²) in [6, 6.07) is 15.7. The molecule has 1 saturated heterocycles. The fourth-order valence-electron chi connectivity index (χ4n) is 4.24. The first-order chi connectivity index (χ1) is 15.8. The Morgan fingerprint density at radius 2 is 1.79 bits per heavy atom. The molecular weight excluding hydrogens is 438 g/mol. The Morgan fingerprint density at radius 3 is 2.52 bits per heavy atom. The molecule has 0 radical (unpaired) electrons. The van der Waals surface area contributed by atoms with E-state index in [4.69, 9.17) is 0 Å². The van der Waals surface area contributed by atoms with Gasteiger partial charge < -0.3 is 10.3 Å². The summed E-state index contributed by atoms with van der Waals surface area (Å²) in [6.45, 7) is 2.92. The van der Waals surface area contributed by atoms with Gasteiger partial charge in [0.2, 0.25) is 15.6 Å². The van der Waals surface area contributed by atoms with Crippen molar-refractivity contribution in [3.8, 4) is 0 Å². The summed E-state index contributed by atoms with van der Waals surface area (Å²) in [5, 5.41) is 3.37. The summed E-state index contributed by atoms with van der Waals surface area (Å²) < 4.78 is 27.8. The van der Waals surface area contributed by atoms with Crippen molar-refractivity contribution >= 4 is 26.8 Å². The van der Waals surface area contributed by atoms with Gasteiger partial charge in [-0.15, -0.1) is 0 Å². The van der Waals surface area contributed by atoms with Crippen molar-refractivity contribution in [1.82, 2.24) is 14.6 Å². The number of fused-ring (bicyclic) bond motifs is 1. The van der Waals surface area contributed by atoms with E-state index in [1.807, 2.05) is 37.3 Å². The highest BCUT2D eigenvalue weighted by Crippen LogP contribution is 2.25. The number of aromatic amines is 1. The SMILES string of the molecule is CC(CCc1ccccc1)NC(=O)c1cc(=O)[nH]c2ccc(S(=O)(=O)N3CCCCC3)cc12. The highest BCUT2D eigenvalue weighted by Gasteiger charge is 2.27. The lowest BCUT2D eigenvalue weighted by atomic mass is 10.0. The first-order valence-electron chi connectivity index (χ1n) is 11.4. The molecule has 0 saturated carbocycles. The molecule has 8 heteroatoms. The Hall–Kier alpha value is -2.97. The van der Waals surface area contributed by atoms with Crippen LogP contribution in [0.4, 0.5) is 0 Å².